The second-order valence-corrected chi connectivity index (χ2v) is 4.41. The molecule has 1 aliphatic rings. The molecule has 1 aromatic heterocycles. The summed E-state index contributed by atoms with van der Waals surface area (Å²) in [6, 6.07) is 2.10. The van der Waals surface area contributed by atoms with Crippen molar-refractivity contribution >= 4 is 0 Å². The fraction of sp³-hybridized carbons (Fsp3) is 0.727. The van der Waals surface area contributed by atoms with Gasteiger partial charge < -0.3 is 5.32 Å². The molecule has 0 amide bonds. The van der Waals surface area contributed by atoms with Gasteiger partial charge in [0.2, 0.25) is 0 Å². The van der Waals surface area contributed by atoms with Gasteiger partial charge in [0.05, 0.1) is 5.69 Å². The Kier molecular flexibility index (Phi) is 2.59. The van der Waals surface area contributed by atoms with Gasteiger partial charge in [-0.25, -0.2) is 0 Å². The molecule has 0 atom stereocenters. The molecule has 1 heterocycles. The van der Waals surface area contributed by atoms with Gasteiger partial charge in [-0.1, -0.05) is 0 Å². The van der Waals surface area contributed by atoms with Crippen molar-refractivity contribution in [2.24, 2.45) is 0 Å². The number of hydrogen-bond acceptors (Lipinski definition) is 2. The summed E-state index contributed by atoms with van der Waals surface area (Å²) in [4.78, 5) is 0. The lowest BCUT2D eigenvalue weighted by molar-refractivity contribution is 0.205. The highest BCUT2D eigenvalue weighted by molar-refractivity contribution is 5.02. The fourth-order valence-electron chi connectivity index (χ4n) is 1.98. The van der Waals surface area contributed by atoms with E-state index in [0.29, 0.717) is 5.54 Å². The molecule has 0 aromatic carbocycles. The molecule has 0 bridgehead atoms. The molecule has 3 heteroatoms. The first-order valence-corrected chi connectivity index (χ1v) is 5.49. The van der Waals surface area contributed by atoms with Gasteiger partial charge in [-0.05, 0) is 39.2 Å². The molecule has 0 radical (unpaired) electrons. The van der Waals surface area contributed by atoms with Crippen LogP contribution in [0.1, 0.15) is 38.8 Å². The molecule has 1 aliphatic carbocycles. The summed E-state index contributed by atoms with van der Waals surface area (Å²) in [5, 5.41) is 7.87. The first kappa shape index (κ1) is 9.71. The number of hydrogen-bond donors (Lipinski definition) is 1. The summed E-state index contributed by atoms with van der Waals surface area (Å²) in [5.74, 6) is 0. The second kappa shape index (κ2) is 3.73. The van der Waals surface area contributed by atoms with E-state index in [9.17, 15) is 0 Å². The first-order valence-electron chi connectivity index (χ1n) is 5.49. The van der Waals surface area contributed by atoms with Gasteiger partial charge in [0.15, 0.2) is 0 Å². The Morgan fingerprint density at radius 2 is 2.36 bits per heavy atom. The molecule has 0 spiro atoms. The van der Waals surface area contributed by atoms with Gasteiger partial charge >= 0.3 is 0 Å². The van der Waals surface area contributed by atoms with Gasteiger partial charge in [-0.15, -0.1) is 0 Å². The predicted molar refractivity (Wildman–Crippen MR) is 57.0 cm³/mol. The standard InChI is InChI=1S/C11H19N3/c1-3-14-10(5-8-13-14)9-12-11(2)6-4-7-11/h5,8,12H,3-4,6-7,9H2,1-2H3. The highest BCUT2D eigenvalue weighted by atomic mass is 15.3. The molecule has 14 heavy (non-hydrogen) atoms. The number of rotatable bonds is 4. The van der Waals surface area contributed by atoms with Gasteiger partial charge in [-0.3, -0.25) is 4.68 Å². The van der Waals surface area contributed by atoms with E-state index in [1.807, 2.05) is 6.20 Å². The van der Waals surface area contributed by atoms with E-state index in [0.717, 1.165) is 13.1 Å². The summed E-state index contributed by atoms with van der Waals surface area (Å²) in [6.07, 6.45) is 5.88. The zero-order valence-electron chi connectivity index (χ0n) is 9.08. The summed E-state index contributed by atoms with van der Waals surface area (Å²) in [7, 11) is 0. The summed E-state index contributed by atoms with van der Waals surface area (Å²) >= 11 is 0. The third kappa shape index (κ3) is 1.82. The molecule has 1 fully saturated rings. The minimum atomic E-state index is 0.392. The summed E-state index contributed by atoms with van der Waals surface area (Å²) < 4.78 is 2.05. The van der Waals surface area contributed by atoms with Gasteiger partial charge in [0.1, 0.15) is 0 Å². The van der Waals surface area contributed by atoms with E-state index in [2.05, 4.69) is 35.0 Å². The largest absolute Gasteiger partial charge is 0.306 e. The number of nitrogens with one attached hydrogen (secondary N) is 1. The van der Waals surface area contributed by atoms with Crippen LogP contribution < -0.4 is 5.32 Å². The summed E-state index contributed by atoms with van der Waals surface area (Å²) in [6.45, 7) is 6.34. The van der Waals surface area contributed by atoms with Crippen molar-refractivity contribution in [1.82, 2.24) is 15.1 Å². The Morgan fingerprint density at radius 3 is 2.93 bits per heavy atom. The Bertz CT molecular complexity index is 299. The zero-order valence-corrected chi connectivity index (χ0v) is 9.08. The Labute approximate surface area is 85.5 Å². The molecule has 3 nitrogen and oxygen atoms in total. The van der Waals surface area contributed by atoms with Crippen LogP contribution in [0.2, 0.25) is 0 Å². The number of aryl methyl sites for hydroxylation is 1. The molecule has 0 unspecified atom stereocenters. The van der Waals surface area contributed by atoms with Crippen LogP contribution in [0.5, 0.6) is 0 Å². The minimum absolute atomic E-state index is 0.392. The van der Waals surface area contributed by atoms with Gasteiger partial charge in [0, 0.05) is 24.8 Å². The van der Waals surface area contributed by atoms with Crippen molar-refractivity contribution in [3.63, 3.8) is 0 Å². The van der Waals surface area contributed by atoms with Crippen molar-refractivity contribution in [1.29, 1.82) is 0 Å². The highest BCUT2D eigenvalue weighted by Gasteiger charge is 2.30. The van der Waals surface area contributed by atoms with Crippen molar-refractivity contribution in [3.05, 3.63) is 18.0 Å². The molecule has 1 saturated carbocycles. The van der Waals surface area contributed by atoms with E-state index in [-0.39, 0.29) is 0 Å². The van der Waals surface area contributed by atoms with Crippen LogP contribution in [0.25, 0.3) is 0 Å². The molecule has 0 aliphatic heterocycles. The Hall–Kier alpha value is -0.830. The van der Waals surface area contributed by atoms with Crippen LogP contribution in [0.4, 0.5) is 0 Å². The van der Waals surface area contributed by atoms with E-state index in [4.69, 9.17) is 0 Å². The van der Waals surface area contributed by atoms with E-state index < -0.39 is 0 Å². The average Bonchev–Trinajstić information content (AvgIpc) is 2.58. The van der Waals surface area contributed by atoms with E-state index >= 15 is 0 Å². The molecule has 2 rings (SSSR count). The lowest BCUT2D eigenvalue weighted by atomic mass is 9.78. The smallest absolute Gasteiger partial charge is 0.0522 e. The van der Waals surface area contributed by atoms with Crippen molar-refractivity contribution in [3.8, 4) is 0 Å². The normalized spacial score (nSPS) is 19.3. The molecule has 0 saturated heterocycles. The number of aromatic nitrogens is 2. The van der Waals surface area contributed by atoms with Gasteiger partial charge in [-0.2, -0.15) is 5.10 Å². The average molecular weight is 193 g/mol. The van der Waals surface area contributed by atoms with E-state index in [1.165, 1.54) is 25.0 Å². The summed E-state index contributed by atoms with van der Waals surface area (Å²) in [5.41, 5.74) is 1.68. The van der Waals surface area contributed by atoms with Crippen LogP contribution in [0, 0.1) is 0 Å². The monoisotopic (exact) mass is 193 g/mol. The second-order valence-electron chi connectivity index (χ2n) is 4.41. The predicted octanol–water partition coefficient (Wildman–Crippen LogP) is 1.94. The molecule has 78 valence electrons. The quantitative estimate of drug-likeness (QED) is 0.792. The van der Waals surface area contributed by atoms with Crippen LogP contribution in [0.15, 0.2) is 12.3 Å². The topological polar surface area (TPSA) is 29.9 Å². The maximum atomic E-state index is 4.26. The number of nitrogens with zero attached hydrogens (tertiary/aromatic N) is 2. The van der Waals surface area contributed by atoms with Crippen LogP contribution in [0.3, 0.4) is 0 Å². The Morgan fingerprint density at radius 1 is 1.57 bits per heavy atom. The molecular formula is C11H19N3. The van der Waals surface area contributed by atoms with Crippen LogP contribution >= 0.6 is 0 Å². The zero-order chi connectivity index (χ0) is 10.0. The maximum Gasteiger partial charge on any atom is 0.0522 e. The Balaban J connectivity index is 1.91. The lowest BCUT2D eigenvalue weighted by Crippen LogP contribution is -2.47. The van der Waals surface area contributed by atoms with E-state index in [1.54, 1.807) is 0 Å². The van der Waals surface area contributed by atoms with Crippen molar-refractivity contribution in [2.45, 2.75) is 51.7 Å². The van der Waals surface area contributed by atoms with Gasteiger partial charge in [0.25, 0.3) is 0 Å². The minimum Gasteiger partial charge on any atom is -0.306 e. The fourth-order valence-corrected chi connectivity index (χ4v) is 1.98. The molecule has 1 N–H and O–H groups in total. The molecular weight excluding hydrogens is 174 g/mol. The van der Waals surface area contributed by atoms with Crippen LogP contribution in [-0.2, 0) is 13.1 Å². The lowest BCUT2D eigenvalue weighted by Gasteiger charge is -2.39. The highest BCUT2D eigenvalue weighted by Crippen LogP contribution is 2.31. The van der Waals surface area contributed by atoms with Crippen LogP contribution in [-0.4, -0.2) is 15.3 Å². The third-order valence-corrected chi connectivity index (χ3v) is 3.26. The first-order chi connectivity index (χ1) is 6.73. The SMILES string of the molecule is CCn1nccc1CNC1(C)CCC1. The van der Waals surface area contributed by atoms with Crippen molar-refractivity contribution < 1.29 is 0 Å². The molecule has 1 aromatic rings. The maximum absolute atomic E-state index is 4.26. The van der Waals surface area contributed by atoms with Crippen molar-refractivity contribution in [2.75, 3.05) is 0 Å². The third-order valence-electron chi connectivity index (χ3n) is 3.26.